The molecule has 0 spiro atoms. The zero-order valence-electron chi connectivity index (χ0n) is 11.5. The molecule has 0 unspecified atom stereocenters. The SMILES string of the molecule is Cc1cc([C@@H]2CCCN2C(=O)c2ccc(F)cc2F)on1. The average Bonchev–Trinajstić information content (AvgIpc) is 3.06. The number of carbonyl (C=O) groups excluding carboxylic acids is 1. The Balaban J connectivity index is 1.89. The second kappa shape index (κ2) is 5.27. The Bertz CT molecular complexity index is 684. The molecule has 0 aliphatic carbocycles. The van der Waals surface area contributed by atoms with Crippen molar-refractivity contribution in [1.29, 1.82) is 0 Å². The molecule has 6 heteroatoms. The first-order valence-corrected chi connectivity index (χ1v) is 6.75. The Morgan fingerprint density at radius 1 is 1.38 bits per heavy atom. The zero-order chi connectivity index (χ0) is 15.0. The van der Waals surface area contributed by atoms with Gasteiger partial charge in [0.15, 0.2) is 5.76 Å². The van der Waals surface area contributed by atoms with E-state index in [2.05, 4.69) is 5.16 Å². The third kappa shape index (κ3) is 2.53. The van der Waals surface area contributed by atoms with Gasteiger partial charge < -0.3 is 9.42 Å². The fourth-order valence-electron chi connectivity index (χ4n) is 2.66. The Hall–Kier alpha value is -2.24. The first-order chi connectivity index (χ1) is 10.1. The lowest BCUT2D eigenvalue weighted by Crippen LogP contribution is -2.31. The zero-order valence-corrected chi connectivity index (χ0v) is 11.5. The molecule has 0 saturated carbocycles. The van der Waals surface area contributed by atoms with E-state index < -0.39 is 17.5 Å². The minimum absolute atomic E-state index is 0.125. The Labute approximate surface area is 120 Å². The molecular weight excluding hydrogens is 278 g/mol. The molecule has 2 aromatic rings. The van der Waals surface area contributed by atoms with Crippen LogP contribution in [0, 0.1) is 18.6 Å². The van der Waals surface area contributed by atoms with Crippen LogP contribution in [0.1, 0.15) is 40.7 Å². The third-order valence-electron chi connectivity index (χ3n) is 3.65. The molecule has 1 aromatic heterocycles. The number of aromatic nitrogens is 1. The topological polar surface area (TPSA) is 46.3 Å². The lowest BCUT2D eigenvalue weighted by atomic mass is 10.1. The van der Waals surface area contributed by atoms with E-state index in [1.165, 1.54) is 6.07 Å². The number of hydrogen-bond donors (Lipinski definition) is 0. The van der Waals surface area contributed by atoms with Gasteiger partial charge in [-0.25, -0.2) is 8.78 Å². The van der Waals surface area contributed by atoms with Gasteiger partial charge in [0.05, 0.1) is 17.3 Å². The highest BCUT2D eigenvalue weighted by Crippen LogP contribution is 2.33. The van der Waals surface area contributed by atoms with Crippen molar-refractivity contribution in [2.45, 2.75) is 25.8 Å². The van der Waals surface area contributed by atoms with Crippen LogP contribution in [0.5, 0.6) is 0 Å². The number of likely N-dealkylation sites (tertiary alicyclic amines) is 1. The summed E-state index contributed by atoms with van der Waals surface area (Å²) >= 11 is 0. The molecule has 0 bridgehead atoms. The summed E-state index contributed by atoms with van der Waals surface area (Å²) < 4.78 is 31.9. The number of amides is 1. The average molecular weight is 292 g/mol. The molecule has 2 heterocycles. The molecular formula is C15H14F2N2O2. The van der Waals surface area contributed by atoms with Gasteiger partial charge in [-0.15, -0.1) is 0 Å². The van der Waals surface area contributed by atoms with Gasteiger partial charge in [-0.05, 0) is 31.9 Å². The van der Waals surface area contributed by atoms with Gasteiger partial charge >= 0.3 is 0 Å². The second-order valence-corrected chi connectivity index (χ2v) is 5.15. The van der Waals surface area contributed by atoms with Crippen molar-refractivity contribution < 1.29 is 18.1 Å². The second-order valence-electron chi connectivity index (χ2n) is 5.15. The summed E-state index contributed by atoms with van der Waals surface area (Å²) in [7, 11) is 0. The molecule has 21 heavy (non-hydrogen) atoms. The van der Waals surface area contributed by atoms with Gasteiger partial charge in [-0.2, -0.15) is 0 Å². The van der Waals surface area contributed by atoms with E-state index in [4.69, 9.17) is 4.52 Å². The maximum absolute atomic E-state index is 13.8. The predicted octanol–water partition coefficient (Wildman–Crippen LogP) is 3.24. The van der Waals surface area contributed by atoms with E-state index >= 15 is 0 Å². The largest absolute Gasteiger partial charge is 0.359 e. The molecule has 1 fully saturated rings. The van der Waals surface area contributed by atoms with Crippen molar-refractivity contribution in [2.24, 2.45) is 0 Å². The fraction of sp³-hybridized carbons (Fsp3) is 0.333. The Morgan fingerprint density at radius 2 is 2.19 bits per heavy atom. The maximum Gasteiger partial charge on any atom is 0.257 e. The van der Waals surface area contributed by atoms with Crippen LogP contribution in [-0.4, -0.2) is 22.5 Å². The molecule has 1 aromatic carbocycles. The summed E-state index contributed by atoms with van der Waals surface area (Å²) in [4.78, 5) is 14.0. The molecule has 3 rings (SSSR count). The summed E-state index contributed by atoms with van der Waals surface area (Å²) in [5.74, 6) is -1.41. The standard InChI is InChI=1S/C15H14F2N2O2/c1-9-7-14(21-18-9)13-3-2-6-19(13)15(20)11-5-4-10(16)8-12(11)17/h4-5,7-8,13H,2-3,6H2,1H3/t13-/m0/s1. The Kier molecular flexibility index (Phi) is 3.45. The normalized spacial score (nSPS) is 18.2. The van der Waals surface area contributed by atoms with E-state index in [-0.39, 0.29) is 11.6 Å². The molecule has 4 nitrogen and oxygen atoms in total. The van der Waals surface area contributed by atoms with Gasteiger partial charge in [0, 0.05) is 18.7 Å². The quantitative estimate of drug-likeness (QED) is 0.853. The van der Waals surface area contributed by atoms with Crippen LogP contribution in [0.15, 0.2) is 28.8 Å². The first kappa shape index (κ1) is 13.7. The number of aryl methyl sites for hydroxylation is 1. The number of benzene rings is 1. The highest BCUT2D eigenvalue weighted by Gasteiger charge is 2.34. The molecule has 110 valence electrons. The van der Waals surface area contributed by atoms with Crippen molar-refractivity contribution in [3.63, 3.8) is 0 Å². The number of rotatable bonds is 2. The van der Waals surface area contributed by atoms with Crippen molar-refractivity contribution in [3.8, 4) is 0 Å². The summed E-state index contributed by atoms with van der Waals surface area (Å²) in [6.45, 7) is 2.31. The van der Waals surface area contributed by atoms with E-state index in [1.807, 2.05) is 0 Å². The van der Waals surface area contributed by atoms with Crippen molar-refractivity contribution >= 4 is 5.91 Å². The summed E-state index contributed by atoms with van der Waals surface area (Å²) in [5.41, 5.74) is 0.608. The molecule has 1 aliphatic rings. The third-order valence-corrected chi connectivity index (χ3v) is 3.65. The molecule has 1 saturated heterocycles. The smallest absolute Gasteiger partial charge is 0.257 e. The van der Waals surface area contributed by atoms with E-state index in [0.717, 1.165) is 30.7 Å². The minimum Gasteiger partial charge on any atom is -0.359 e. The molecule has 1 atom stereocenters. The van der Waals surface area contributed by atoms with Crippen LogP contribution < -0.4 is 0 Å². The lowest BCUT2D eigenvalue weighted by molar-refractivity contribution is 0.0709. The monoisotopic (exact) mass is 292 g/mol. The highest BCUT2D eigenvalue weighted by molar-refractivity contribution is 5.94. The van der Waals surface area contributed by atoms with Gasteiger partial charge in [0.25, 0.3) is 5.91 Å². The molecule has 1 aliphatic heterocycles. The van der Waals surface area contributed by atoms with Crippen LogP contribution >= 0.6 is 0 Å². The van der Waals surface area contributed by atoms with Gasteiger partial charge in [0.1, 0.15) is 11.6 Å². The van der Waals surface area contributed by atoms with Crippen molar-refractivity contribution in [3.05, 3.63) is 52.9 Å². The van der Waals surface area contributed by atoms with E-state index in [9.17, 15) is 13.6 Å². The summed E-state index contributed by atoms with van der Waals surface area (Å²) in [5, 5.41) is 3.82. The van der Waals surface area contributed by atoms with Gasteiger partial charge in [-0.1, -0.05) is 5.16 Å². The van der Waals surface area contributed by atoms with E-state index in [1.54, 1.807) is 17.9 Å². The minimum atomic E-state index is -0.848. The summed E-state index contributed by atoms with van der Waals surface area (Å²) in [6.07, 6.45) is 1.54. The molecule has 0 N–H and O–H groups in total. The number of halogens is 2. The van der Waals surface area contributed by atoms with Crippen LogP contribution in [-0.2, 0) is 0 Å². The number of carbonyl (C=O) groups is 1. The van der Waals surface area contributed by atoms with Crippen LogP contribution in [0.2, 0.25) is 0 Å². The van der Waals surface area contributed by atoms with Crippen molar-refractivity contribution in [1.82, 2.24) is 10.1 Å². The van der Waals surface area contributed by atoms with Gasteiger partial charge in [-0.3, -0.25) is 4.79 Å². The van der Waals surface area contributed by atoms with Crippen LogP contribution in [0.4, 0.5) is 8.78 Å². The van der Waals surface area contributed by atoms with E-state index in [0.29, 0.717) is 12.3 Å². The predicted molar refractivity (Wildman–Crippen MR) is 70.6 cm³/mol. The van der Waals surface area contributed by atoms with Gasteiger partial charge in [0.2, 0.25) is 0 Å². The first-order valence-electron chi connectivity index (χ1n) is 6.75. The Morgan fingerprint density at radius 3 is 2.86 bits per heavy atom. The fourth-order valence-corrected chi connectivity index (χ4v) is 2.66. The molecule has 0 radical (unpaired) electrons. The highest BCUT2D eigenvalue weighted by atomic mass is 19.1. The number of hydrogen-bond acceptors (Lipinski definition) is 3. The molecule has 1 amide bonds. The number of nitrogens with zero attached hydrogens (tertiary/aromatic N) is 2. The van der Waals surface area contributed by atoms with Crippen LogP contribution in [0.25, 0.3) is 0 Å². The van der Waals surface area contributed by atoms with Crippen LogP contribution in [0.3, 0.4) is 0 Å². The van der Waals surface area contributed by atoms with Crippen molar-refractivity contribution in [2.75, 3.05) is 6.54 Å². The maximum atomic E-state index is 13.8. The summed E-state index contributed by atoms with van der Waals surface area (Å²) in [6, 6.07) is 4.51. The lowest BCUT2D eigenvalue weighted by Gasteiger charge is -2.22.